The first kappa shape index (κ1) is 16.4. The van der Waals surface area contributed by atoms with Gasteiger partial charge in [-0.1, -0.05) is 36.0 Å². The van der Waals surface area contributed by atoms with E-state index in [1.54, 1.807) is 4.52 Å². The molecule has 0 saturated carbocycles. The van der Waals surface area contributed by atoms with Gasteiger partial charge in [-0.15, -0.1) is 5.10 Å². The van der Waals surface area contributed by atoms with Gasteiger partial charge in [0.15, 0.2) is 0 Å². The van der Waals surface area contributed by atoms with Gasteiger partial charge in [0.1, 0.15) is 0 Å². The number of hydrogen-bond donors (Lipinski definition) is 1. The van der Waals surface area contributed by atoms with Crippen LogP contribution >= 0.6 is 11.8 Å². The van der Waals surface area contributed by atoms with E-state index in [-0.39, 0.29) is 11.7 Å². The van der Waals surface area contributed by atoms with Crippen molar-refractivity contribution in [2.45, 2.75) is 32.5 Å². The molecule has 0 saturated heterocycles. The van der Waals surface area contributed by atoms with Gasteiger partial charge in [-0.25, -0.2) is 9.50 Å². The second-order valence-corrected chi connectivity index (χ2v) is 6.58. The zero-order valence-electron chi connectivity index (χ0n) is 13.9. The highest BCUT2D eigenvalue weighted by atomic mass is 32.2. The molecular formula is C17H19N5OS. The molecule has 2 aromatic heterocycles. The molecule has 0 fully saturated rings. The van der Waals surface area contributed by atoms with E-state index in [4.69, 9.17) is 0 Å². The van der Waals surface area contributed by atoms with Gasteiger partial charge in [0, 0.05) is 17.9 Å². The average molecular weight is 341 g/mol. The summed E-state index contributed by atoms with van der Waals surface area (Å²) in [6.07, 6.45) is 0. The van der Waals surface area contributed by atoms with Gasteiger partial charge >= 0.3 is 0 Å². The Balaban J connectivity index is 1.58. The maximum atomic E-state index is 12.0. The van der Waals surface area contributed by atoms with E-state index >= 15 is 0 Å². The Labute approximate surface area is 144 Å². The lowest BCUT2D eigenvalue weighted by Gasteiger charge is -2.06. The van der Waals surface area contributed by atoms with Gasteiger partial charge in [0.25, 0.3) is 5.78 Å². The minimum absolute atomic E-state index is 0.0389. The third-order valence-corrected chi connectivity index (χ3v) is 4.51. The molecule has 0 aliphatic rings. The first-order valence-electron chi connectivity index (χ1n) is 7.68. The maximum Gasteiger partial charge on any atom is 0.253 e. The summed E-state index contributed by atoms with van der Waals surface area (Å²) in [4.78, 5) is 20.7. The molecule has 0 spiro atoms. The van der Waals surface area contributed by atoms with E-state index in [9.17, 15) is 4.79 Å². The number of thioether (sulfide) groups is 1. The Bertz CT molecular complexity index is 890. The molecule has 0 unspecified atom stereocenters. The Kier molecular flexibility index (Phi) is 4.80. The van der Waals surface area contributed by atoms with Crippen molar-refractivity contribution in [3.63, 3.8) is 0 Å². The molecule has 3 rings (SSSR count). The van der Waals surface area contributed by atoms with Crippen molar-refractivity contribution in [3.05, 3.63) is 52.8 Å². The Morgan fingerprint density at radius 3 is 2.79 bits per heavy atom. The van der Waals surface area contributed by atoms with Crippen LogP contribution in [0.4, 0.5) is 0 Å². The average Bonchev–Trinajstić information content (AvgIpc) is 2.95. The zero-order valence-corrected chi connectivity index (χ0v) is 14.7. The van der Waals surface area contributed by atoms with Crippen LogP contribution in [0, 0.1) is 20.8 Å². The third-order valence-electron chi connectivity index (χ3n) is 3.67. The van der Waals surface area contributed by atoms with Crippen molar-refractivity contribution in [2.75, 3.05) is 5.75 Å². The molecule has 1 aromatic carbocycles. The minimum Gasteiger partial charge on any atom is -0.351 e. The second-order valence-electron chi connectivity index (χ2n) is 5.64. The zero-order chi connectivity index (χ0) is 17.1. The summed E-state index contributed by atoms with van der Waals surface area (Å²) in [6, 6.07) is 9.97. The molecule has 2 heterocycles. The van der Waals surface area contributed by atoms with Gasteiger partial charge in [0.2, 0.25) is 11.1 Å². The van der Waals surface area contributed by atoms with Gasteiger partial charge in [0.05, 0.1) is 5.75 Å². The summed E-state index contributed by atoms with van der Waals surface area (Å²) in [5.41, 5.74) is 4.17. The van der Waals surface area contributed by atoms with Gasteiger partial charge < -0.3 is 5.32 Å². The van der Waals surface area contributed by atoms with Crippen LogP contribution in [0.2, 0.25) is 0 Å². The molecule has 0 atom stereocenters. The molecule has 0 aliphatic carbocycles. The van der Waals surface area contributed by atoms with E-state index in [0.717, 1.165) is 17.0 Å². The van der Waals surface area contributed by atoms with E-state index in [2.05, 4.69) is 20.4 Å². The Morgan fingerprint density at radius 1 is 1.21 bits per heavy atom. The molecule has 1 N–H and O–H groups in total. The predicted molar refractivity (Wildman–Crippen MR) is 94.0 cm³/mol. The standard InChI is InChI=1S/C17H19N5OS/c1-11-6-4-5-7-14(11)9-18-15(23)10-24-17-20-16-19-12(2)8-13(3)22(16)21-17/h4-8H,9-10H2,1-3H3,(H,18,23). The van der Waals surface area contributed by atoms with Crippen molar-refractivity contribution in [1.29, 1.82) is 0 Å². The molecular weight excluding hydrogens is 322 g/mol. The maximum absolute atomic E-state index is 12.0. The van der Waals surface area contributed by atoms with Crippen LogP contribution in [0.25, 0.3) is 5.78 Å². The number of rotatable bonds is 5. The fraction of sp³-hybridized carbons (Fsp3) is 0.294. The number of nitrogens with one attached hydrogen (secondary N) is 1. The largest absolute Gasteiger partial charge is 0.351 e. The Morgan fingerprint density at radius 2 is 2.00 bits per heavy atom. The number of benzene rings is 1. The summed E-state index contributed by atoms with van der Waals surface area (Å²) in [5, 5.41) is 7.87. The number of hydrogen-bond acceptors (Lipinski definition) is 5. The lowest BCUT2D eigenvalue weighted by Crippen LogP contribution is -2.24. The molecule has 0 radical (unpaired) electrons. The highest BCUT2D eigenvalue weighted by Crippen LogP contribution is 2.15. The fourth-order valence-electron chi connectivity index (χ4n) is 2.39. The highest BCUT2D eigenvalue weighted by molar-refractivity contribution is 7.99. The lowest BCUT2D eigenvalue weighted by atomic mass is 10.1. The van der Waals surface area contributed by atoms with Crippen molar-refractivity contribution >= 4 is 23.4 Å². The van der Waals surface area contributed by atoms with E-state index in [1.165, 1.54) is 17.3 Å². The predicted octanol–water partition coefficient (Wildman–Crippen LogP) is 2.46. The van der Waals surface area contributed by atoms with Crippen molar-refractivity contribution in [3.8, 4) is 0 Å². The van der Waals surface area contributed by atoms with Crippen LogP contribution < -0.4 is 5.32 Å². The molecule has 1 amide bonds. The molecule has 3 aromatic rings. The molecule has 24 heavy (non-hydrogen) atoms. The van der Waals surface area contributed by atoms with Crippen LogP contribution in [0.3, 0.4) is 0 Å². The van der Waals surface area contributed by atoms with Crippen molar-refractivity contribution in [2.24, 2.45) is 0 Å². The van der Waals surface area contributed by atoms with E-state index in [1.807, 2.05) is 51.1 Å². The van der Waals surface area contributed by atoms with Crippen LogP contribution in [0.1, 0.15) is 22.5 Å². The molecule has 0 aliphatic heterocycles. The normalized spacial score (nSPS) is 11.0. The van der Waals surface area contributed by atoms with Crippen LogP contribution in [0.5, 0.6) is 0 Å². The van der Waals surface area contributed by atoms with E-state index < -0.39 is 0 Å². The quantitative estimate of drug-likeness (QED) is 0.722. The summed E-state index contributed by atoms with van der Waals surface area (Å²) >= 11 is 1.31. The number of aromatic nitrogens is 4. The monoisotopic (exact) mass is 341 g/mol. The Hall–Kier alpha value is -2.41. The summed E-state index contributed by atoms with van der Waals surface area (Å²) in [5.74, 6) is 0.805. The SMILES string of the molecule is Cc1cc(C)n2nc(SCC(=O)NCc3ccccc3C)nc2n1. The number of aryl methyl sites for hydroxylation is 3. The van der Waals surface area contributed by atoms with Crippen molar-refractivity contribution < 1.29 is 4.79 Å². The summed E-state index contributed by atoms with van der Waals surface area (Å²) in [6.45, 7) is 6.45. The van der Waals surface area contributed by atoms with Gasteiger partial charge in [-0.3, -0.25) is 4.79 Å². The van der Waals surface area contributed by atoms with Gasteiger partial charge in [-0.2, -0.15) is 4.98 Å². The number of fused-ring (bicyclic) bond motifs is 1. The van der Waals surface area contributed by atoms with E-state index in [0.29, 0.717) is 17.5 Å². The summed E-state index contributed by atoms with van der Waals surface area (Å²) in [7, 11) is 0. The number of carbonyl (C=O) groups excluding carboxylic acids is 1. The van der Waals surface area contributed by atoms with Crippen molar-refractivity contribution in [1.82, 2.24) is 24.9 Å². The van der Waals surface area contributed by atoms with Crippen LogP contribution in [0.15, 0.2) is 35.5 Å². The first-order valence-corrected chi connectivity index (χ1v) is 8.66. The third kappa shape index (κ3) is 3.73. The number of amides is 1. The van der Waals surface area contributed by atoms with Crippen LogP contribution in [-0.2, 0) is 11.3 Å². The van der Waals surface area contributed by atoms with Gasteiger partial charge in [-0.05, 0) is 38.0 Å². The topological polar surface area (TPSA) is 72.2 Å². The molecule has 124 valence electrons. The van der Waals surface area contributed by atoms with Crippen LogP contribution in [-0.4, -0.2) is 31.2 Å². The smallest absolute Gasteiger partial charge is 0.253 e. The fourth-order valence-corrected chi connectivity index (χ4v) is 3.04. The molecule has 6 nitrogen and oxygen atoms in total. The second kappa shape index (κ2) is 7.00. The highest BCUT2D eigenvalue weighted by Gasteiger charge is 2.10. The molecule has 0 bridgehead atoms. The summed E-state index contributed by atoms with van der Waals surface area (Å²) < 4.78 is 1.70. The number of nitrogens with zero attached hydrogens (tertiary/aromatic N) is 4. The lowest BCUT2D eigenvalue weighted by molar-refractivity contribution is -0.118. The number of carbonyl (C=O) groups is 1. The molecule has 7 heteroatoms. The minimum atomic E-state index is -0.0389. The first-order chi connectivity index (χ1) is 11.5.